The van der Waals surface area contributed by atoms with Gasteiger partial charge >= 0.3 is 0 Å². The molecule has 1 aliphatic rings. The van der Waals surface area contributed by atoms with Crippen LogP contribution in [0.1, 0.15) is 11.7 Å². The van der Waals surface area contributed by atoms with E-state index in [0.717, 1.165) is 16.5 Å². The summed E-state index contributed by atoms with van der Waals surface area (Å²) < 4.78 is 23.6. The summed E-state index contributed by atoms with van der Waals surface area (Å²) in [6.07, 6.45) is 1.77. The average molecular weight is 276 g/mol. The maximum absolute atomic E-state index is 11.1. The van der Waals surface area contributed by atoms with Crippen molar-refractivity contribution in [2.75, 3.05) is 19.6 Å². The minimum Gasteiger partial charge on any atom is -0.760 e. The fraction of sp³-hybridized carbons (Fsp3) is 0.308. The van der Waals surface area contributed by atoms with Crippen molar-refractivity contribution in [3.63, 3.8) is 0 Å². The number of hydrogen-bond donors (Lipinski definition) is 1. The molecule has 6 heteroatoms. The molecule has 0 aliphatic carbocycles. The summed E-state index contributed by atoms with van der Waals surface area (Å²) >= 11 is -2.16. The molecule has 5 nitrogen and oxygen atoms in total. The zero-order valence-corrected chi connectivity index (χ0v) is 11.1. The van der Waals surface area contributed by atoms with Gasteiger partial charge in [-0.3, -0.25) is 9.19 Å². The highest BCUT2D eigenvalue weighted by molar-refractivity contribution is 7.76. The van der Waals surface area contributed by atoms with E-state index in [1.54, 1.807) is 6.20 Å². The number of aromatic nitrogens is 1. The molecule has 0 bridgehead atoms. The number of hydrogen-bond acceptors (Lipinski definition) is 4. The highest BCUT2D eigenvalue weighted by atomic mass is 32.2. The van der Waals surface area contributed by atoms with Crippen LogP contribution in [0.4, 0.5) is 0 Å². The average Bonchev–Trinajstić information content (AvgIpc) is 2.47. The monoisotopic (exact) mass is 276 g/mol. The zero-order chi connectivity index (χ0) is 13.2. The van der Waals surface area contributed by atoms with E-state index in [0.29, 0.717) is 19.6 Å². The Bertz CT molecular complexity index is 614. The van der Waals surface area contributed by atoms with Gasteiger partial charge in [-0.25, -0.2) is 4.31 Å². The van der Waals surface area contributed by atoms with Gasteiger partial charge < -0.3 is 9.87 Å². The molecule has 1 aromatic heterocycles. The third-order valence-corrected chi connectivity index (χ3v) is 4.14. The molecule has 2 atom stereocenters. The molecule has 0 amide bonds. The molecule has 1 aromatic carbocycles. The van der Waals surface area contributed by atoms with Crippen molar-refractivity contribution in [1.29, 1.82) is 0 Å². The molecule has 1 N–H and O–H groups in total. The Kier molecular flexibility index (Phi) is 3.56. The third kappa shape index (κ3) is 2.52. The predicted octanol–water partition coefficient (Wildman–Crippen LogP) is 0.975. The summed E-state index contributed by atoms with van der Waals surface area (Å²) in [6.45, 7) is 1.58. The first-order valence-electron chi connectivity index (χ1n) is 6.17. The molecule has 3 rings (SSSR count). The number of nitrogens with one attached hydrogen (secondary N) is 1. The molecular weight excluding hydrogens is 262 g/mol. The van der Waals surface area contributed by atoms with Gasteiger partial charge in [0, 0.05) is 42.5 Å². The van der Waals surface area contributed by atoms with Crippen molar-refractivity contribution >= 4 is 22.0 Å². The van der Waals surface area contributed by atoms with Crippen LogP contribution in [0.5, 0.6) is 0 Å². The van der Waals surface area contributed by atoms with Crippen LogP contribution < -0.4 is 5.32 Å². The van der Waals surface area contributed by atoms with Crippen molar-refractivity contribution in [3.8, 4) is 0 Å². The van der Waals surface area contributed by atoms with Gasteiger partial charge in [-0.15, -0.1) is 0 Å². The second kappa shape index (κ2) is 5.34. The molecule has 0 spiro atoms. The van der Waals surface area contributed by atoms with Gasteiger partial charge in [0.15, 0.2) is 0 Å². The van der Waals surface area contributed by atoms with E-state index in [2.05, 4.69) is 10.3 Å². The molecular formula is C13H14N3O2S-. The highest BCUT2D eigenvalue weighted by Crippen LogP contribution is 2.24. The van der Waals surface area contributed by atoms with Crippen LogP contribution in [0.25, 0.3) is 10.8 Å². The molecule has 1 fully saturated rings. The van der Waals surface area contributed by atoms with Crippen LogP contribution >= 0.6 is 0 Å². The van der Waals surface area contributed by atoms with Gasteiger partial charge in [-0.2, -0.15) is 0 Å². The lowest BCUT2D eigenvalue weighted by Gasteiger charge is -2.34. The van der Waals surface area contributed by atoms with Gasteiger partial charge in [0.2, 0.25) is 0 Å². The number of nitrogens with zero attached hydrogens (tertiary/aromatic N) is 2. The molecule has 100 valence electrons. The van der Waals surface area contributed by atoms with Gasteiger partial charge in [-0.1, -0.05) is 24.3 Å². The van der Waals surface area contributed by atoms with Crippen molar-refractivity contribution < 1.29 is 8.76 Å². The first-order chi connectivity index (χ1) is 9.25. The second-order valence-corrected chi connectivity index (χ2v) is 5.48. The molecule has 2 aromatic rings. The lowest BCUT2D eigenvalue weighted by atomic mass is 10.0. The van der Waals surface area contributed by atoms with E-state index in [9.17, 15) is 8.76 Å². The van der Waals surface area contributed by atoms with E-state index in [1.165, 1.54) is 4.31 Å². The number of rotatable bonds is 2. The molecule has 1 aliphatic heterocycles. The number of pyridine rings is 1. The smallest absolute Gasteiger partial charge is 0.0664 e. The van der Waals surface area contributed by atoms with Crippen LogP contribution in [0.2, 0.25) is 0 Å². The highest BCUT2D eigenvalue weighted by Gasteiger charge is 2.23. The van der Waals surface area contributed by atoms with E-state index < -0.39 is 11.3 Å². The first-order valence-corrected chi connectivity index (χ1v) is 7.20. The summed E-state index contributed by atoms with van der Waals surface area (Å²) in [7, 11) is 0. The Morgan fingerprint density at radius 3 is 3.05 bits per heavy atom. The lowest BCUT2D eigenvalue weighted by Crippen LogP contribution is -2.46. The second-order valence-electron chi connectivity index (χ2n) is 4.53. The SMILES string of the molecule is O=S([O-])N1CCN[C@@H](c2nccc3ccccc23)C1. The van der Waals surface area contributed by atoms with Gasteiger partial charge in [0.05, 0.1) is 11.7 Å². The molecule has 0 saturated carbocycles. The Hall–Kier alpha value is -1.34. The van der Waals surface area contributed by atoms with Gasteiger partial charge in [0.25, 0.3) is 0 Å². The van der Waals surface area contributed by atoms with Crippen LogP contribution in [0.3, 0.4) is 0 Å². The normalized spacial score (nSPS) is 22.5. The fourth-order valence-corrected chi connectivity index (χ4v) is 2.97. The Morgan fingerprint density at radius 1 is 1.37 bits per heavy atom. The van der Waals surface area contributed by atoms with Crippen molar-refractivity contribution in [2.45, 2.75) is 6.04 Å². The van der Waals surface area contributed by atoms with Crippen LogP contribution in [0.15, 0.2) is 36.5 Å². The third-order valence-electron chi connectivity index (χ3n) is 3.38. The summed E-state index contributed by atoms with van der Waals surface area (Å²) in [5.74, 6) is 0. The fourth-order valence-electron chi connectivity index (χ4n) is 2.46. The number of piperazine rings is 1. The number of fused-ring (bicyclic) bond motifs is 1. The summed E-state index contributed by atoms with van der Waals surface area (Å²) in [6, 6.07) is 9.92. The minimum atomic E-state index is -2.16. The first kappa shape index (κ1) is 12.7. The standard InChI is InChI=1S/C13H15N3O2S/c17-19(18)16-8-7-14-12(9-16)13-11-4-2-1-3-10(11)5-6-15-13/h1-6,12,14H,7-9H2,(H,17,18)/p-1/t12-/m1/s1. The van der Waals surface area contributed by atoms with Gasteiger partial charge in [0.1, 0.15) is 0 Å². The van der Waals surface area contributed by atoms with E-state index in [1.807, 2.05) is 30.3 Å². The van der Waals surface area contributed by atoms with Gasteiger partial charge in [-0.05, 0) is 11.5 Å². The molecule has 2 heterocycles. The van der Waals surface area contributed by atoms with Crippen LogP contribution in [-0.2, 0) is 11.3 Å². The molecule has 1 saturated heterocycles. The van der Waals surface area contributed by atoms with Crippen molar-refractivity contribution in [1.82, 2.24) is 14.6 Å². The lowest BCUT2D eigenvalue weighted by molar-refractivity contribution is 0.291. The van der Waals surface area contributed by atoms with E-state index in [-0.39, 0.29) is 6.04 Å². The molecule has 0 radical (unpaired) electrons. The minimum absolute atomic E-state index is 0.0576. The summed E-state index contributed by atoms with van der Waals surface area (Å²) in [5.41, 5.74) is 0.910. The summed E-state index contributed by atoms with van der Waals surface area (Å²) in [5, 5.41) is 5.53. The maximum atomic E-state index is 11.1. The maximum Gasteiger partial charge on any atom is 0.0664 e. The largest absolute Gasteiger partial charge is 0.760 e. The van der Waals surface area contributed by atoms with Crippen LogP contribution in [0, 0.1) is 0 Å². The van der Waals surface area contributed by atoms with Crippen molar-refractivity contribution in [2.24, 2.45) is 0 Å². The predicted molar refractivity (Wildman–Crippen MR) is 73.0 cm³/mol. The Labute approximate surface area is 114 Å². The Morgan fingerprint density at radius 2 is 2.21 bits per heavy atom. The quantitative estimate of drug-likeness (QED) is 0.830. The topological polar surface area (TPSA) is 68.3 Å². The number of benzene rings is 1. The zero-order valence-electron chi connectivity index (χ0n) is 10.3. The van der Waals surface area contributed by atoms with Crippen LogP contribution in [-0.4, -0.2) is 37.7 Å². The van der Waals surface area contributed by atoms with E-state index in [4.69, 9.17) is 0 Å². The van der Waals surface area contributed by atoms with E-state index >= 15 is 0 Å². The Balaban J connectivity index is 1.97. The molecule has 19 heavy (non-hydrogen) atoms. The summed E-state index contributed by atoms with van der Waals surface area (Å²) in [4.78, 5) is 4.43. The van der Waals surface area contributed by atoms with Crippen molar-refractivity contribution in [3.05, 3.63) is 42.2 Å². The molecule has 1 unspecified atom stereocenters.